The number of nitrogens with one attached hydrogen (secondary N) is 2. The monoisotopic (exact) mass is 426 g/mol. The largest absolute Gasteiger partial charge is 0.451 e. The smallest absolute Gasteiger partial charge is 0.287 e. The van der Waals surface area contributed by atoms with Gasteiger partial charge in [0.1, 0.15) is 10.6 Å². The van der Waals surface area contributed by atoms with Crippen molar-refractivity contribution < 1.29 is 9.21 Å². The number of rotatable bonds is 8. The van der Waals surface area contributed by atoms with Crippen LogP contribution in [0, 0.1) is 6.92 Å². The van der Waals surface area contributed by atoms with Crippen LogP contribution in [0.15, 0.2) is 51.5 Å². The summed E-state index contributed by atoms with van der Waals surface area (Å²) >= 11 is 3.08. The van der Waals surface area contributed by atoms with E-state index in [1.165, 1.54) is 11.3 Å². The third-order valence-electron chi connectivity index (χ3n) is 4.01. The van der Waals surface area contributed by atoms with E-state index >= 15 is 0 Å². The topological polar surface area (TPSA) is 106 Å². The summed E-state index contributed by atoms with van der Waals surface area (Å²) in [4.78, 5) is 20.9. The molecule has 0 radical (unpaired) electrons. The van der Waals surface area contributed by atoms with Gasteiger partial charge in [-0.1, -0.05) is 41.3 Å². The maximum atomic E-state index is 12.8. The number of carbonyl (C=O) groups is 1. The summed E-state index contributed by atoms with van der Waals surface area (Å²) < 4.78 is 6.73. The summed E-state index contributed by atoms with van der Waals surface area (Å²) in [6.45, 7) is 2.84. The van der Waals surface area contributed by atoms with Crippen LogP contribution in [0.1, 0.15) is 21.1 Å². The number of furan rings is 1. The standard InChI is InChI=1S/C19H18N6O2S2/c1-12-24-25-19(29-12)28-11-14-13-5-2-3-6-15(13)27-16(14)17(26)20-9-10-23-18-21-7-4-8-22-18/h2-8H,9-11H2,1H3,(H,20,26)(H,21,22,23). The number of hydrogen-bond acceptors (Lipinski definition) is 9. The Bertz CT molecular complexity index is 1110. The second kappa shape index (κ2) is 9.01. The SMILES string of the molecule is Cc1nnc(SCc2c(C(=O)NCCNc3ncccn3)oc3ccccc23)s1. The van der Waals surface area contributed by atoms with Gasteiger partial charge < -0.3 is 15.1 Å². The molecule has 1 aromatic carbocycles. The van der Waals surface area contributed by atoms with E-state index < -0.39 is 0 Å². The van der Waals surface area contributed by atoms with Gasteiger partial charge in [-0.05, 0) is 19.1 Å². The fourth-order valence-corrected chi connectivity index (χ4v) is 4.56. The Morgan fingerprint density at radius 3 is 2.76 bits per heavy atom. The van der Waals surface area contributed by atoms with Crippen LogP contribution in [-0.4, -0.2) is 39.2 Å². The van der Waals surface area contributed by atoms with Crippen molar-refractivity contribution in [2.45, 2.75) is 17.0 Å². The van der Waals surface area contributed by atoms with Crippen molar-refractivity contribution >= 4 is 45.9 Å². The highest BCUT2D eigenvalue weighted by Gasteiger charge is 2.20. The molecule has 8 nitrogen and oxygen atoms in total. The Morgan fingerprint density at radius 2 is 1.97 bits per heavy atom. The van der Waals surface area contributed by atoms with E-state index in [2.05, 4.69) is 30.8 Å². The van der Waals surface area contributed by atoms with Gasteiger partial charge in [-0.25, -0.2) is 9.97 Å². The molecule has 3 heterocycles. The Kier molecular flexibility index (Phi) is 6.01. The summed E-state index contributed by atoms with van der Waals surface area (Å²) in [5.74, 6) is 1.18. The summed E-state index contributed by atoms with van der Waals surface area (Å²) in [6, 6.07) is 9.40. The van der Waals surface area contributed by atoms with Gasteiger partial charge in [-0.15, -0.1) is 10.2 Å². The van der Waals surface area contributed by atoms with Gasteiger partial charge in [0.25, 0.3) is 5.91 Å². The van der Waals surface area contributed by atoms with Crippen LogP contribution in [0.2, 0.25) is 0 Å². The van der Waals surface area contributed by atoms with Crippen molar-refractivity contribution in [1.29, 1.82) is 0 Å². The molecule has 0 atom stereocenters. The molecular weight excluding hydrogens is 408 g/mol. The fourth-order valence-electron chi connectivity index (χ4n) is 2.72. The fraction of sp³-hybridized carbons (Fsp3) is 0.211. The molecule has 4 aromatic rings. The van der Waals surface area contributed by atoms with E-state index in [1.807, 2.05) is 31.2 Å². The molecule has 0 saturated heterocycles. The molecule has 0 bridgehead atoms. The van der Waals surface area contributed by atoms with E-state index in [0.717, 1.165) is 20.3 Å². The number of benzene rings is 1. The molecule has 29 heavy (non-hydrogen) atoms. The van der Waals surface area contributed by atoms with Gasteiger partial charge in [0.05, 0.1) is 0 Å². The van der Waals surface area contributed by atoms with Gasteiger partial charge >= 0.3 is 0 Å². The summed E-state index contributed by atoms with van der Waals surface area (Å²) in [6.07, 6.45) is 3.32. The van der Waals surface area contributed by atoms with Crippen molar-refractivity contribution in [3.63, 3.8) is 0 Å². The molecule has 0 aliphatic carbocycles. The number of amides is 1. The normalized spacial score (nSPS) is 10.9. The number of para-hydroxylation sites is 1. The maximum Gasteiger partial charge on any atom is 0.287 e. The molecular formula is C19H18N6O2S2. The van der Waals surface area contributed by atoms with Crippen LogP contribution in [0.4, 0.5) is 5.95 Å². The predicted molar refractivity (Wildman–Crippen MR) is 113 cm³/mol. The van der Waals surface area contributed by atoms with E-state index in [1.54, 1.807) is 30.2 Å². The van der Waals surface area contributed by atoms with Crippen molar-refractivity contribution in [2.24, 2.45) is 0 Å². The Hall–Kier alpha value is -2.98. The number of aromatic nitrogens is 4. The first-order valence-electron chi connectivity index (χ1n) is 8.93. The van der Waals surface area contributed by atoms with Gasteiger partial charge in [-0.2, -0.15) is 0 Å². The first-order valence-corrected chi connectivity index (χ1v) is 10.7. The van der Waals surface area contributed by atoms with Crippen LogP contribution >= 0.6 is 23.1 Å². The molecule has 1 amide bonds. The number of thioether (sulfide) groups is 1. The molecule has 0 spiro atoms. The average Bonchev–Trinajstić information content (AvgIpc) is 3.33. The average molecular weight is 427 g/mol. The Labute approximate surface area is 175 Å². The van der Waals surface area contributed by atoms with Gasteiger partial charge in [0.2, 0.25) is 5.95 Å². The van der Waals surface area contributed by atoms with Gasteiger partial charge in [-0.3, -0.25) is 4.79 Å². The predicted octanol–water partition coefficient (Wildman–Crippen LogP) is 3.52. The van der Waals surface area contributed by atoms with Crippen LogP contribution < -0.4 is 10.6 Å². The minimum atomic E-state index is -0.249. The summed E-state index contributed by atoms with van der Waals surface area (Å²) in [7, 11) is 0. The second-order valence-electron chi connectivity index (χ2n) is 6.04. The van der Waals surface area contributed by atoms with Gasteiger partial charge in [0, 0.05) is 42.2 Å². The molecule has 0 aliphatic heterocycles. The third kappa shape index (κ3) is 4.72. The molecule has 2 N–H and O–H groups in total. The zero-order valence-electron chi connectivity index (χ0n) is 15.6. The molecule has 10 heteroatoms. The van der Waals surface area contributed by atoms with E-state index in [0.29, 0.717) is 36.1 Å². The molecule has 0 aliphatic rings. The highest BCUT2D eigenvalue weighted by atomic mass is 32.2. The Morgan fingerprint density at radius 1 is 1.14 bits per heavy atom. The number of hydrogen-bond donors (Lipinski definition) is 2. The van der Waals surface area contributed by atoms with Crippen molar-refractivity contribution in [3.05, 3.63) is 59.1 Å². The minimum absolute atomic E-state index is 0.249. The van der Waals surface area contributed by atoms with E-state index in [-0.39, 0.29) is 5.91 Å². The Balaban J connectivity index is 1.44. The highest BCUT2D eigenvalue weighted by Crippen LogP contribution is 2.33. The molecule has 0 unspecified atom stereocenters. The number of fused-ring (bicyclic) bond motifs is 1. The van der Waals surface area contributed by atoms with Crippen LogP contribution in [0.3, 0.4) is 0 Å². The number of carbonyl (C=O) groups excluding carboxylic acids is 1. The lowest BCUT2D eigenvalue weighted by Crippen LogP contribution is -2.29. The molecule has 0 fully saturated rings. The lowest BCUT2D eigenvalue weighted by atomic mass is 10.1. The quantitative estimate of drug-likeness (QED) is 0.326. The zero-order chi connectivity index (χ0) is 20.1. The summed E-state index contributed by atoms with van der Waals surface area (Å²) in [5, 5.41) is 16.0. The first-order chi connectivity index (χ1) is 14.2. The zero-order valence-corrected chi connectivity index (χ0v) is 17.2. The van der Waals surface area contributed by atoms with E-state index in [9.17, 15) is 4.79 Å². The number of nitrogens with zero attached hydrogens (tertiary/aromatic N) is 4. The lowest BCUT2D eigenvalue weighted by Gasteiger charge is -2.06. The van der Waals surface area contributed by atoms with Crippen LogP contribution in [0.25, 0.3) is 11.0 Å². The number of anilines is 1. The molecule has 148 valence electrons. The third-order valence-corrected chi connectivity index (χ3v) is 6.01. The highest BCUT2D eigenvalue weighted by molar-refractivity contribution is 8.00. The maximum absolute atomic E-state index is 12.8. The first kappa shape index (κ1) is 19.3. The van der Waals surface area contributed by atoms with Crippen molar-refractivity contribution in [3.8, 4) is 0 Å². The molecule has 4 rings (SSSR count). The summed E-state index contributed by atoms with van der Waals surface area (Å²) in [5.41, 5.74) is 1.55. The molecule has 3 aromatic heterocycles. The van der Waals surface area contributed by atoms with Crippen LogP contribution in [0.5, 0.6) is 0 Å². The number of aryl methyl sites for hydroxylation is 1. The van der Waals surface area contributed by atoms with Crippen molar-refractivity contribution in [2.75, 3.05) is 18.4 Å². The van der Waals surface area contributed by atoms with Crippen LogP contribution in [-0.2, 0) is 5.75 Å². The van der Waals surface area contributed by atoms with Gasteiger partial charge in [0.15, 0.2) is 10.1 Å². The lowest BCUT2D eigenvalue weighted by molar-refractivity contribution is 0.0928. The van der Waals surface area contributed by atoms with Crippen molar-refractivity contribution in [1.82, 2.24) is 25.5 Å². The van der Waals surface area contributed by atoms with E-state index in [4.69, 9.17) is 4.42 Å². The minimum Gasteiger partial charge on any atom is -0.451 e. The second-order valence-corrected chi connectivity index (χ2v) is 8.44. The molecule has 0 saturated carbocycles.